The van der Waals surface area contributed by atoms with Crippen molar-refractivity contribution in [3.63, 3.8) is 0 Å². The highest BCUT2D eigenvalue weighted by molar-refractivity contribution is 6.22. The van der Waals surface area contributed by atoms with Gasteiger partial charge in [-0.3, -0.25) is 24.1 Å². The molecule has 2 rings (SSSR count). The molecule has 5 heteroatoms. The van der Waals surface area contributed by atoms with Crippen molar-refractivity contribution >= 4 is 23.4 Å². The van der Waals surface area contributed by atoms with Crippen molar-refractivity contribution in [3.05, 3.63) is 35.4 Å². The minimum absolute atomic E-state index is 0.0444. The van der Waals surface area contributed by atoms with Crippen molar-refractivity contribution in [1.82, 2.24) is 4.90 Å². The van der Waals surface area contributed by atoms with Crippen LogP contribution in [0.4, 0.5) is 0 Å². The van der Waals surface area contributed by atoms with Gasteiger partial charge in [-0.1, -0.05) is 19.1 Å². The molecule has 0 bridgehead atoms. The van der Waals surface area contributed by atoms with E-state index in [2.05, 4.69) is 0 Å². The van der Waals surface area contributed by atoms with Crippen LogP contribution >= 0.6 is 0 Å². The molecule has 5 nitrogen and oxygen atoms in total. The Morgan fingerprint density at radius 3 is 2.05 bits per heavy atom. The third-order valence-corrected chi connectivity index (χ3v) is 3.44. The number of rotatable bonds is 5. The monoisotopic (exact) mass is 273 g/mol. The summed E-state index contributed by atoms with van der Waals surface area (Å²) in [5, 5.41) is 0. The highest BCUT2D eigenvalue weighted by atomic mass is 16.2. The van der Waals surface area contributed by atoms with E-state index in [9.17, 15) is 19.2 Å². The first-order chi connectivity index (χ1) is 9.41. The van der Waals surface area contributed by atoms with E-state index >= 15 is 0 Å². The molecule has 1 atom stereocenters. The largest absolute Gasteiger partial charge is 0.300 e. The summed E-state index contributed by atoms with van der Waals surface area (Å²) in [7, 11) is 0. The number of hydrogen-bond donors (Lipinski definition) is 0. The van der Waals surface area contributed by atoms with Gasteiger partial charge in [0, 0.05) is 12.3 Å². The molecule has 1 heterocycles. The number of benzene rings is 1. The number of fused-ring (bicyclic) bond motifs is 1. The van der Waals surface area contributed by atoms with Gasteiger partial charge in [0.15, 0.2) is 5.78 Å². The van der Waals surface area contributed by atoms with E-state index in [1.165, 1.54) is 6.92 Å². The highest BCUT2D eigenvalue weighted by Gasteiger charge is 2.36. The zero-order chi connectivity index (χ0) is 14.9. The molecule has 0 fully saturated rings. The molecule has 1 aromatic rings. The van der Waals surface area contributed by atoms with Gasteiger partial charge < -0.3 is 0 Å². The molecule has 1 aromatic carbocycles. The topological polar surface area (TPSA) is 71.5 Å². The molecular weight excluding hydrogens is 258 g/mol. The lowest BCUT2D eigenvalue weighted by atomic mass is 10.0. The number of nitrogens with zero attached hydrogens (tertiary/aromatic N) is 1. The van der Waals surface area contributed by atoms with Gasteiger partial charge in [-0.05, 0) is 19.1 Å². The molecule has 1 aliphatic heterocycles. The van der Waals surface area contributed by atoms with E-state index in [1.807, 2.05) is 0 Å². The zero-order valence-corrected chi connectivity index (χ0v) is 11.4. The first kappa shape index (κ1) is 14.1. The SMILES string of the molecule is CC(=O)C(C)CC(=O)CN1C(=O)c2ccccc2C1=O. The summed E-state index contributed by atoms with van der Waals surface area (Å²) in [5.41, 5.74) is 0.648. The standard InChI is InChI=1S/C15H15NO4/c1-9(10(2)17)7-11(18)8-16-14(19)12-5-3-4-6-13(12)15(16)20/h3-6,9H,7-8H2,1-2H3. The maximum absolute atomic E-state index is 12.0. The second kappa shape index (κ2) is 5.36. The number of carbonyl (C=O) groups is 4. The molecule has 0 spiro atoms. The predicted molar refractivity (Wildman–Crippen MR) is 71.3 cm³/mol. The number of Topliss-reactive ketones (excluding diaryl/α,β-unsaturated/α-hetero) is 2. The van der Waals surface area contributed by atoms with Crippen LogP contribution in [0.5, 0.6) is 0 Å². The predicted octanol–water partition coefficient (Wildman–Crippen LogP) is 1.47. The van der Waals surface area contributed by atoms with Crippen molar-refractivity contribution in [2.24, 2.45) is 5.92 Å². The molecule has 0 radical (unpaired) electrons. The van der Waals surface area contributed by atoms with Crippen LogP contribution in [0.2, 0.25) is 0 Å². The molecular formula is C15H15NO4. The molecule has 0 aliphatic carbocycles. The lowest BCUT2D eigenvalue weighted by molar-refractivity contribution is -0.126. The average molecular weight is 273 g/mol. The Labute approximate surface area is 116 Å². The average Bonchev–Trinajstić information content (AvgIpc) is 2.64. The molecule has 0 saturated heterocycles. The van der Waals surface area contributed by atoms with E-state index in [4.69, 9.17) is 0 Å². The smallest absolute Gasteiger partial charge is 0.261 e. The van der Waals surface area contributed by atoms with Gasteiger partial charge in [0.2, 0.25) is 0 Å². The van der Waals surface area contributed by atoms with Crippen molar-refractivity contribution in [2.45, 2.75) is 20.3 Å². The summed E-state index contributed by atoms with van der Waals surface area (Å²) in [6, 6.07) is 6.48. The summed E-state index contributed by atoms with van der Waals surface area (Å²) < 4.78 is 0. The second-order valence-corrected chi connectivity index (χ2v) is 5.00. The molecule has 0 N–H and O–H groups in total. The van der Waals surface area contributed by atoms with E-state index in [1.54, 1.807) is 31.2 Å². The fourth-order valence-corrected chi connectivity index (χ4v) is 2.11. The number of imide groups is 1. The molecule has 1 aliphatic rings. The molecule has 0 aromatic heterocycles. The Hall–Kier alpha value is -2.30. The highest BCUT2D eigenvalue weighted by Crippen LogP contribution is 2.22. The van der Waals surface area contributed by atoms with Crippen LogP contribution in [0.1, 0.15) is 41.0 Å². The Morgan fingerprint density at radius 2 is 1.60 bits per heavy atom. The Bertz CT molecular complexity index is 571. The van der Waals surface area contributed by atoms with E-state index in [0.29, 0.717) is 11.1 Å². The summed E-state index contributed by atoms with van der Waals surface area (Å²) in [5.74, 6) is -1.66. The van der Waals surface area contributed by atoms with Crippen LogP contribution in [-0.4, -0.2) is 34.8 Å². The van der Waals surface area contributed by atoms with E-state index in [-0.39, 0.29) is 24.5 Å². The normalized spacial score (nSPS) is 15.2. The van der Waals surface area contributed by atoms with Crippen LogP contribution in [0, 0.1) is 5.92 Å². The lowest BCUT2D eigenvalue weighted by Crippen LogP contribution is -2.35. The Balaban J connectivity index is 2.09. The fourth-order valence-electron chi connectivity index (χ4n) is 2.11. The molecule has 1 unspecified atom stereocenters. The van der Waals surface area contributed by atoms with Crippen LogP contribution in [-0.2, 0) is 9.59 Å². The Kier molecular flexibility index (Phi) is 3.79. The van der Waals surface area contributed by atoms with Crippen molar-refractivity contribution < 1.29 is 19.2 Å². The summed E-state index contributed by atoms with van der Waals surface area (Å²) in [4.78, 5) is 48.0. The first-order valence-electron chi connectivity index (χ1n) is 6.39. The van der Waals surface area contributed by atoms with Crippen LogP contribution in [0.3, 0.4) is 0 Å². The van der Waals surface area contributed by atoms with Gasteiger partial charge in [-0.25, -0.2) is 0 Å². The van der Waals surface area contributed by atoms with Crippen molar-refractivity contribution in [1.29, 1.82) is 0 Å². The van der Waals surface area contributed by atoms with Crippen LogP contribution in [0.15, 0.2) is 24.3 Å². The third-order valence-electron chi connectivity index (χ3n) is 3.44. The van der Waals surface area contributed by atoms with Crippen LogP contribution < -0.4 is 0 Å². The van der Waals surface area contributed by atoms with E-state index < -0.39 is 17.7 Å². The maximum atomic E-state index is 12.0. The summed E-state index contributed by atoms with van der Waals surface area (Å²) >= 11 is 0. The van der Waals surface area contributed by atoms with Crippen molar-refractivity contribution in [2.75, 3.05) is 6.54 Å². The zero-order valence-electron chi connectivity index (χ0n) is 11.4. The van der Waals surface area contributed by atoms with Gasteiger partial charge in [-0.2, -0.15) is 0 Å². The summed E-state index contributed by atoms with van der Waals surface area (Å²) in [6.07, 6.45) is 0.0444. The van der Waals surface area contributed by atoms with Gasteiger partial charge in [-0.15, -0.1) is 0 Å². The minimum Gasteiger partial charge on any atom is -0.300 e. The maximum Gasteiger partial charge on any atom is 0.261 e. The minimum atomic E-state index is -0.450. The number of amides is 2. The Morgan fingerprint density at radius 1 is 1.10 bits per heavy atom. The number of ketones is 2. The second-order valence-electron chi connectivity index (χ2n) is 5.00. The lowest BCUT2D eigenvalue weighted by Gasteiger charge is -2.14. The first-order valence-corrected chi connectivity index (χ1v) is 6.39. The van der Waals surface area contributed by atoms with Gasteiger partial charge in [0.1, 0.15) is 5.78 Å². The quantitative estimate of drug-likeness (QED) is 0.761. The van der Waals surface area contributed by atoms with Crippen LogP contribution in [0.25, 0.3) is 0 Å². The molecule has 104 valence electrons. The van der Waals surface area contributed by atoms with Gasteiger partial charge >= 0.3 is 0 Å². The van der Waals surface area contributed by atoms with Gasteiger partial charge in [0.05, 0.1) is 17.7 Å². The van der Waals surface area contributed by atoms with Gasteiger partial charge in [0.25, 0.3) is 11.8 Å². The summed E-state index contributed by atoms with van der Waals surface area (Å²) in [6.45, 7) is 2.80. The third kappa shape index (κ3) is 2.52. The molecule has 2 amide bonds. The number of carbonyl (C=O) groups excluding carboxylic acids is 4. The number of hydrogen-bond acceptors (Lipinski definition) is 4. The fraction of sp³-hybridized carbons (Fsp3) is 0.333. The van der Waals surface area contributed by atoms with Crippen molar-refractivity contribution in [3.8, 4) is 0 Å². The van der Waals surface area contributed by atoms with E-state index in [0.717, 1.165) is 4.90 Å². The molecule has 0 saturated carbocycles. The molecule has 20 heavy (non-hydrogen) atoms.